The summed E-state index contributed by atoms with van der Waals surface area (Å²) in [5, 5.41) is 9.19. The van der Waals surface area contributed by atoms with E-state index in [1.807, 2.05) is 47.0 Å². The fourth-order valence-corrected chi connectivity index (χ4v) is 4.09. The van der Waals surface area contributed by atoms with E-state index in [9.17, 15) is 9.59 Å². The highest BCUT2D eigenvalue weighted by Gasteiger charge is 2.22. The number of thioether (sulfide) groups is 1. The Balaban J connectivity index is 1.56. The topological polar surface area (TPSA) is 103 Å². The number of amides is 1. The maximum absolute atomic E-state index is 13.2. The maximum atomic E-state index is 13.2. The smallest absolute Gasteiger partial charge is 0.326 e. The summed E-state index contributed by atoms with van der Waals surface area (Å²) in [5.74, 6) is 0.680. The molecule has 0 aliphatic rings. The fraction of sp³-hybridized carbons (Fsp3) is 0.208. The van der Waals surface area contributed by atoms with Gasteiger partial charge in [-0.25, -0.2) is 0 Å². The number of carbonyl (C=O) groups excluding carboxylic acids is 2. The molecule has 3 heterocycles. The fourth-order valence-electron chi connectivity index (χ4n) is 3.28. The first-order valence-electron chi connectivity index (χ1n) is 10.7. The highest BCUT2D eigenvalue weighted by atomic mass is 32.2. The van der Waals surface area contributed by atoms with Gasteiger partial charge in [-0.05, 0) is 43.3 Å². The maximum Gasteiger partial charge on any atom is 0.326 e. The molecule has 0 saturated carbocycles. The van der Waals surface area contributed by atoms with Gasteiger partial charge in [0.05, 0.1) is 25.2 Å². The van der Waals surface area contributed by atoms with Gasteiger partial charge in [-0.15, -0.1) is 10.2 Å². The van der Waals surface area contributed by atoms with Gasteiger partial charge < -0.3 is 14.1 Å². The van der Waals surface area contributed by atoms with Crippen LogP contribution in [0.25, 0.3) is 11.4 Å². The molecule has 0 saturated heterocycles. The first-order valence-corrected chi connectivity index (χ1v) is 11.6. The number of ether oxygens (including phenoxy) is 1. The van der Waals surface area contributed by atoms with Crippen molar-refractivity contribution >= 4 is 29.3 Å². The van der Waals surface area contributed by atoms with Gasteiger partial charge in [-0.2, -0.15) is 0 Å². The first-order chi connectivity index (χ1) is 16.7. The molecule has 4 aromatic rings. The summed E-state index contributed by atoms with van der Waals surface area (Å²) in [5.41, 5.74) is 1.42. The number of anilines is 1. The minimum absolute atomic E-state index is 0.0532. The molecular weight excluding hydrogens is 454 g/mol. The SMILES string of the molecule is CCOC(=O)CN(C(=O)CSc1nnc(-c2cccnc2)n1Cc1ccco1)c1ccccc1. The second kappa shape index (κ2) is 11.3. The Labute approximate surface area is 200 Å². The van der Waals surface area contributed by atoms with E-state index in [1.54, 1.807) is 37.7 Å². The third-order valence-electron chi connectivity index (χ3n) is 4.82. The molecule has 0 bridgehead atoms. The highest BCUT2D eigenvalue weighted by Crippen LogP contribution is 2.26. The van der Waals surface area contributed by atoms with Crippen molar-refractivity contribution in [2.24, 2.45) is 0 Å². The van der Waals surface area contributed by atoms with E-state index in [0.29, 0.717) is 23.2 Å². The van der Waals surface area contributed by atoms with Gasteiger partial charge in [0.1, 0.15) is 12.3 Å². The lowest BCUT2D eigenvalue weighted by Gasteiger charge is -2.21. The molecule has 0 atom stereocenters. The average Bonchev–Trinajstić information content (AvgIpc) is 3.53. The molecular formula is C24H23N5O4S. The van der Waals surface area contributed by atoms with E-state index in [4.69, 9.17) is 9.15 Å². The van der Waals surface area contributed by atoms with Gasteiger partial charge in [0.25, 0.3) is 0 Å². The Morgan fingerprint density at radius 3 is 2.65 bits per heavy atom. The number of esters is 1. The van der Waals surface area contributed by atoms with Crippen LogP contribution >= 0.6 is 11.8 Å². The number of rotatable bonds is 10. The number of benzene rings is 1. The van der Waals surface area contributed by atoms with Crippen LogP contribution in [0, 0.1) is 0 Å². The van der Waals surface area contributed by atoms with Crippen molar-refractivity contribution in [3.8, 4) is 11.4 Å². The van der Waals surface area contributed by atoms with Crippen molar-refractivity contribution in [3.63, 3.8) is 0 Å². The van der Waals surface area contributed by atoms with Gasteiger partial charge in [0.15, 0.2) is 11.0 Å². The molecule has 1 aromatic carbocycles. The molecule has 0 radical (unpaired) electrons. The van der Waals surface area contributed by atoms with E-state index < -0.39 is 5.97 Å². The summed E-state index contributed by atoms with van der Waals surface area (Å²) >= 11 is 1.24. The van der Waals surface area contributed by atoms with Crippen molar-refractivity contribution in [2.75, 3.05) is 23.8 Å². The molecule has 0 aliphatic heterocycles. The Morgan fingerprint density at radius 1 is 1.09 bits per heavy atom. The van der Waals surface area contributed by atoms with Gasteiger partial charge in [0.2, 0.25) is 5.91 Å². The third kappa shape index (κ3) is 5.70. The number of furan rings is 1. The molecule has 1 amide bonds. The Hall–Kier alpha value is -3.92. The van der Waals surface area contributed by atoms with E-state index >= 15 is 0 Å². The van der Waals surface area contributed by atoms with Crippen molar-refractivity contribution in [1.29, 1.82) is 0 Å². The number of carbonyl (C=O) groups is 2. The normalized spacial score (nSPS) is 10.7. The van der Waals surface area contributed by atoms with Crippen LogP contribution in [-0.2, 0) is 20.9 Å². The van der Waals surface area contributed by atoms with E-state index in [-0.39, 0.29) is 24.8 Å². The van der Waals surface area contributed by atoms with Crippen LogP contribution in [0.15, 0.2) is 82.8 Å². The summed E-state index contributed by atoms with van der Waals surface area (Å²) in [7, 11) is 0. The van der Waals surface area contributed by atoms with Crippen molar-refractivity contribution in [2.45, 2.75) is 18.6 Å². The van der Waals surface area contributed by atoms with Gasteiger partial charge >= 0.3 is 5.97 Å². The van der Waals surface area contributed by atoms with Crippen LogP contribution in [0.2, 0.25) is 0 Å². The predicted molar refractivity (Wildman–Crippen MR) is 127 cm³/mol. The summed E-state index contributed by atoms with van der Waals surface area (Å²) in [6.45, 7) is 2.20. The second-order valence-corrected chi connectivity index (χ2v) is 8.07. The first kappa shape index (κ1) is 23.2. The highest BCUT2D eigenvalue weighted by molar-refractivity contribution is 7.99. The third-order valence-corrected chi connectivity index (χ3v) is 5.77. The Bertz CT molecular complexity index is 1210. The summed E-state index contributed by atoms with van der Waals surface area (Å²) in [6.07, 6.45) is 5.00. The lowest BCUT2D eigenvalue weighted by molar-refractivity contribution is -0.142. The van der Waals surface area contributed by atoms with E-state index in [0.717, 1.165) is 11.3 Å². The number of hydrogen-bond acceptors (Lipinski definition) is 8. The molecule has 0 aliphatic carbocycles. The van der Waals surface area contributed by atoms with E-state index in [2.05, 4.69) is 15.2 Å². The number of hydrogen-bond donors (Lipinski definition) is 0. The molecule has 0 fully saturated rings. The minimum atomic E-state index is -0.468. The quantitative estimate of drug-likeness (QED) is 0.252. The zero-order valence-corrected chi connectivity index (χ0v) is 19.4. The Morgan fingerprint density at radius 2 is 1.94 bits per heavy atom. The molecule has 174 valence electrons. The lowest BCUT2D eigenvalue weighted by atomic mass is 10.2. The summed E-state index contributed by atoms with van der Waals surface area (Å²) < 4.78 is 12.4. The van der Waals surface area contributed by atoms with Gasteiger partial charge in [-0.1, -0.05) is 30.0 Å². The van der Waals surface area contributed by atoms with Crippen LogP contribution in [0.4, 0.5) is 5.69 Å². The van der Waals surface area contributed by atoms with Crippen LogP contribution in [0.5, 0.6) is 0 Å². The second-order valence-electron chi connectivity index (χ2n) is 7.12. The Kier molecular flexibility index (Phi) is 7.71. The molecule has 3 aromatic heterocycles. The number of para-hydroxylation sites is 1. The van der Waals surface area contributed by atoms with Crippen molar-refractivity contribution in [3.05, 3.63) is 79.0 Å². The van der Waals surface area contributed by atoms with Crippen LogP contribution < -0.4 is 4.90 Å². The standard InChI is InChI=1S/C24H23N5O4S/c1-2-32-22(31)16-28(19-9-4-3-5-10-19)21(30)17-34-24-27-26-23(18-8-6-12-25-14-18)29(24)15-20-11-7-13-33-20/h3-14H,2,15-17H2,1H3. The van der Waals surface area contributed by atoms with Gasteiger partial charge in [-0.3, -0.25) is 19.1 Å². The zero-order valence-electron chi connectivity index (χ0n) is 18.5. The largest absolute Gasteiger partial charge is 0.467 e. The van der Waals surface area contributed by atoms with Crippen LogP contribution in [0.3, 0.4) is 0 Å². The molecule has 4 rings (SSSR count). The van der Waals surface area contributed by atoms with Crippen LogP contribution in [0.1, 0.15) is 12.7 Å². The zero-order chi connectivity index (χ0) is 23.8. The average molecular weight is 478 g/mol. The van der Waals surface area contributed by atoms with Crippen molar-refractivity contribution < 1.29 is 18.7 Å². The lowest BCUT2D eigenvalue weighted by Crippen LogP contribution is -2.37. The number of nitrogens with zero attached hydrogens (tertiary/aromatic N) is 5. The molecule has 34 heavy (non-hydrogen) atoms. The van der Waals surface area contributed by atoms with Crippen LogP contribution in [-0.4, -0.2) is 50.5 Å². The number of pyridine rings is 1. The molecule has 0 unspecified atom stereocenters. The molecule has 0 N–H and O–H groups in total. The minimum Gasteiger partial charge on any atom is -0.467 e. The summed E-state index contributed by atoms with van der Waals surface area (Å²) in [4.78, 5) is 30.9. The number of aromatic nitrogens is 4. The predicted octanol–water partition coefficient (Wildman–Crippen LogP) is 3.67. The molecule has 9 nitrogen and oxygen atoms in total. The van der Waals surface area contributed by atoms with Gasteiger partial charge in [0, 0.05) is 23.6 Å². The van der Waals surface area contributed by atoms with Crippen molar-refractivity contribution in [1.82, 2.24) is 19.7 Å². The molecule has 10 heteroatoms. The molecule has 0 spiro atoms. The summed E-state index contributed by atoms with van der Waals surface area (Å²) in [6, 6.07) is 16.4. The van der Waals surface area contributed by atoms with E-state index in [1.165, 1.54) is 16.7 Å². The monoisotopic (exact) mass is 477 g/mol.